The van der Waals surface area contributed by atoms with Gasteiger partial charge >= 0.3 is 51.1 Å². The molecule has 140 valence electrons. The van der Waals surface area contributed by atoms with E-state index in [1.165, 1.54) is 20.8 Å². The van der Waals surface area contributed by atoms with Gasteiger partial charge in [0.25, 0.3) is 0 Å². The molecule has 0 aliphatic heterocycles. The van der Waals surface area contributed by atoms with Crippen molar-refractivity contribution in [2.75, 3.05) is 19.2 Å². The summed E-state index contributed by atoms with van der Waals surface area (Å²) < 4.78 is 44.1. The van der Waals surface area contributed by atoms with Crippen molar-refractivity contribution in [3.05, 3.63) is 24.3 Å². The van der Waals surface area contributed by atoms with E-state index in [1.54, 1.807) is 0 Å². The summed E-state index contributed by atoms with van der Waals surface area (Å²) in [6.07, 6.45) is 0. The summed E-state index contributed by atoms with van der Waals surface area (Å²) in [7, 11) is -4.56. The SMILES string of the molecule is C=C(C)C(=O)OCC(C)(COC(=O)C(=C)C)C(=O)OCS(=O)(=O)O.[H-].[H-].[Mg+2]. The Bertz CT molecular complexity index is 631. The molecule has 0 amide bonds. The summed E-state index contributed by atoms with van der Waals surface area (Å²) >= 11 is 0. The van der Waals surface area contributed by atoms with Crippen molar-refractivity contribution < 1.29 is 44.4 Å². The first-order chi connectivity index (χ1) is 10.8. The molecule has 25 heavy (non-hydrogen) atoms. The van der Waals surface area contributed by atoms with Crippen LogP contribution in [0.15, 0.2) is 24.3 Å². The molecule has 0 rings (SSSR count). The zero-order valence-electron chi connectivity index (χ0n) is 16.4. The maximum Gasteiger partial charge on any atom is 2.00 e. The molecule has 0 heterocycles. The van der Waals surface area contributed by atoms with Gasteiger partial charge in [-0.1, -0.05) is 13.2 Å². The van der Waals surface area contributed by atoms with Crippen molar-refractivity contribution in [3.8, 4) is 0 Å². The van der Waals surface area contributed by atoms with Crippen LogP contribution in [0.1, 0.15) is 23.6 Å². The molecule has 0 radical (unpaired) electrons. The summed E-state index contributed by atoms with van der Waals surface area (Å²) in [5.74, 6) is -4.03. The molecule has 0 aromatic rings. The third-order valence-electron chi connectivity index (χ3n) is 2.57. The van der Waals surface area contributed by atoms with E-state index in [-0.39, 0.29) is 37.1 Å². The van der Waals surface area contributed by atoms with Gasteiger partial charge in [0.1, 0.15) is 18.6 Å². The van der Waals surface area contributed by atoms with E-state index in [0.29, 0.717) is 0 Å². The molecule has 0 spiro atoms. The van der Waals surface area contributed by atoms with E-state index in [1.807, 2.05) is 0 Å². The van der Waals surface area contributed by atoms with E-state index >= 15 is 0 Å². The number of ether oxygens (including phenoxy) is 3. The smallest absolute Gasteiger partial charge is 1.00 e. The molecule has 0 saturated heterocycles. The zero-order chi connectivity index (χ0) is 19.1. The summed E-state index contributed by atoms with van der Waals surface area (Å²) in [5, 5.41) is 0. The van der Waals surface area contributed by atoms with Crippen molar-refractivity contribution in [1.29, 1.82) is 0 Å². The Labute approximate surface area is 165 Å². The minimum atomic E-state index is -4.56. The van der Waals surface area contributed by atoms with Crippen LogP contribution in [-0.4, -0.2) is 73.1 Å². The summed E-state index contributed by atoms with van der Waals surface area (Å²) in [5.41, 5.74) is -1.55. The predicted octanol–water partition coefficient (Wildman–Crippen LogP) is 0.464. The Hall–Kier alpha value is -1.43. The summed E-state index contributed by atoms with van der Waals surface area (Å²) in [6, 6.07) is 0. The molecule has 0 aliphatic rings. The molecule has 0 aromatic carbocycles. The Morgan fingerprint density at radius 2 is 1.36 bits per heavy atom. The number of rotatable bonds is 9. The van der Waals surface area contributed by atoms with Gasteiger partial charge in [-0.3, -0.25) is 9.35 Å². The van der Waals surface area contributed by atoms with Crippen molar-refractivity contribution in [2.24, 2.45) is 5.41 Å². The number of hydrogen-bond donors (Lipinski definition) is 1. The van der Waals surface area contributed by atoms with Crippen molar-refractivity contribution in [3.63, 3.8) is 0 Å². The van der Waals surface area contributed by atoms with Crippen LogP contribution >= 0.6 is 0 Å². The van der Waals surface area contributed by atoms with Crippen molar-refractivity contribution >= 4 is 51.1 Å². The maximum atomic E-state index is 12.1. The monoisotopic (exact) mass is 390 g/mol. The second kappa shape index (κ2) is 10.5. The van der Waals surface area contributed by atoms with E-state index in [2.05, 4.69) is 17.9 Å². The van der Waals surface area contributed by atoms with Crippen molar-refractivity contribution in [2.45, 2.75) is 20.8 Å². The number of carbonyl (C=O) groups is 3. The molecule has 0 fully saturated rings. The van der Waals surface area contributed by atoms with Gasteiger partial charge in [0.15, 0.2) is 0 Å². The fourth-order valence-corrected chi connectivity index (χ4v) is 1.41. The van der Waals surface area contributed by atoms with Crippen LogP contribution < -0.4 is 0 Å². The standard InChI is InChI=1S/C14H20O9S.Mg.2H/c1-9(2)11(15)21-6-14(5,7-22-12(16)10(3)4)13(17)23-8-24(18,19)20;;;/h1,3,6-8H2,2,4-5H3,(H,18,19,20);;;/q;+2;2*-1. The van der Waals surface area contributed by atoms with Crippen LogP contribution in [-0.2, 0) is 38.7 Å². The van der Waals surface area contributed by atoms with Crippen LogP contribution in [0.2, 0.25) is 0 Å². The van der Waals surface area contributed by atoms with Crippen LogP contribution in [0.3, 0.4) is 0 Å². The topological polar surface area (TPSA) is 133 Å². The molecule has 0 atom stereocenters. The first kappa shape index (κ1) is 25.8. The third kappa shape index (κ3) is 10.2. The van der Waals surface area contributed by atoms with E-state index in [0.717, 1.165) is 0 Å². The van der Waals surface area contributed by atoms with E-state index in [9.17, 15) is 22.8 Å². The third-order valence-corrected chi connectivity index (χ3v) is 2.99. The van der Waals surface area contributed by atoms with Gasteiger partial charge in [-0.15, -0.1) is 0 Å². The fraction of sp³-hybridized carbons (Fsp3) is 0.500. The quantitative estimate of drug-likeness (QED) is 0.196. The average molecular weight is 391 g/mol. The molecule has 0 aliphatic carbocycles. The van der Waals surface area contributed by atoms with Crippen LogP contribution in [0.25, 0.3) is 0 Å². The minimum absolute atomic E-state index is 0. The number of esters is 3. The summed E-state index contributed by atoms with van der Waals surface area (Å²) in [6.45, 7) is 9.61. The average Bonchev–Trinajstić information content (AvgIpc) is 2.46. The van der Waals surface area contributed by atoms with Gasteiger partial charge < -0.3 is 17.1 Å². The van der Waals surface area contributed by atoms with Crippen molar-refractivity contribution in [1.82, 2.24) is 0 Å². The van der Waals surface area contributed by atoms with Gasteiger partial charge in [-0.25, -0.2) is 9.59 Å². The molecule has 0 bridgehead atoms. The normalized spacial score (nSPS) is 10.9. The van der Waals surface area contributed by atoms with Crippen LogP contribution in [0.5, 0.6) is 0 Å². The Morgan fingerprint density at radius 1 is 1.00 bits per heavy atom. The van der Waals surface area contributed by atoms with Crippen LogP contribution in [0, 0.1) is 5.41 Å². The van der Waals surface area contributed by atoms with Gasteiger partial charge in [0, 0.05) is 11.1 Å². The Balaban J connectivity index is -0.000000882. The minimum Gasteiger partial charge on any atom is -1.00 e. The number of hydrogen-bond acceptors (Lipinski definition) is 8. The largest absolute Gasteiger partial charge is 2.00 e. The molecule has 0 saturated carbocycles. The molecule has 1 N–H and O–H groups in total. The van der Waals surface area contributed by atoms with Gasteiger partial charge in [0.2, 0.25) is 5.94 Å². The molecule has 0 aromatic heterocycles. The van der Waals surface area contributed by atoms with Gasteiger partial charge in [-0.05, 0) is 20.8 Å². The van der Waals surface area contributed by atoms with Crippen LogP contribution in [0.4, 0.5) is 0 Å². The number of carbonyl (C=O) groups excluding carboxylic acids is 3. The Morgan fingerprint density at radius 3 is 1.64 bits per heavy atom. The van der Waals surface area contributed by atoms with E-state index in [4.69, 9.17) is 14.0 Å². The molecule has 0 unspecified atom stereocenters. The summed E-state index contributed by atoms with van der Waals surface area (Å²) in [4.78, 5) is 34.9. The van der Waals surface area contributed by atoms with E-state index < -0.39 is 52.6 Å². The van der Waals surface area contributed by atoms with Gasteiger partial charge in [0.05, 0.1) is 0 Å². The zero-order valence-corrected chi connectivity index (χ0v) is 16.6. The maximum absolute atomic E-state index is 12.1. The predicted molar refractivity (Wildman–Crippen MR) is 90.1 cm³/mol. The molecule has 9 nitrogen and oxygen atoms in total. The van der Waals surface area contributed by atoms with Gasteiger partial charge in [-0.2, -0.15) is 8.42 Å². The second-order valence-electron chi connectivity index (χ2n) is 5.41. The second-order valence-corrected chi connectivity index (χ2v) is 6.80. The molecule has 11 heteroatoms. The Kier molecular flexibility index (Phi) is 10.9. The molecular weight excluding hydrogens is 369 g/mol. The fourth-order valence-electron chi connectivity index (χ4n) is 1.16. The first-order valence-electron chi connectivity index (χ1n) is 6.56. The first-order valence-corrected chi connectivity index (χ1v) is 8.17. The molecular formula is C14H22MgO9S.